The summed E-state index contributed by atoms with van der Waals surface area (Å²) < 4.78 is 19.6. The minimum absolute atomic E-state index is 0.347. The molecule has 1 aliphatic heterocycles. The molecule has 184 valence electrons. The number of halogens is 1. The van der Waals surface area contributed by atoms with Gasteiger partial charge in [0.25, 0.3) is 0 Å². The van der Waals surface area contributed by atoms with Gasteiger partial charge in [0.2, 0.25) is 5.95 Å². The molecule has 0 radical (unpaired) electrons. The summed E-state index contributed by atoms with van der Waals surface area (Å²) in [6, 6.07) is 11.3. The van der Waals surface area contributed by atoms with Gasteiger partial charge >= 0.3 is 5.97 Å². The number of allylic oxidation sites excluding steroid dienone is 1. The van der Waals surface area contributed by atoms with E-state index < -0.39 is 12.0 Å². The van der Waals surface area contributed by atoms with Gasteiger partial charge in [-0.15, -0.1) is 0 Å². The number of hydrogen-bond donors (Lipinski definition) is 1. The zero-order valence-corrected chi connectivity index (χ0v) is 21.8. The third-order valence-corrected chi connectivity index (χ3v) is 6.33. The minimum Gasteiger partial charge on any atom is -0.493 e. The number of unbranched alkanes of at least 4 members (excludes halogenated alkanes) is 1. The fourth-order valence-electron chi connectivity index (χ4n) is 3.85. The highest BCUT2D eigenvalue weighted by Gasteiger charge is 2.36. The molecular weight excluding hydrogens is 514 g/mol. The summed E-state index contributed by atoms with van der Waals surface area (Å²) in [6.07, 6.45) is 1.72. The second-order valence-corrected chi connectivity index (χ2v) is 9.17. The van der Waals surface area contributed by atoms with Crippen molar-refractivity contribution in [1.29, 1.82) is 0 Å². The highest BCUT2D eigenvalue weighted by atomic mass is 79.9. The number of ether oxygens (including phenoxy) is 3. The van der Waals surface area contributed by atoms with E-state index in [1.807, 2.05) is 57.2 Å². The number of carbonyl (C=O) groups excluding carboxylic acids is 1. The lowest BCUT2D eigenvalue weighted by molar-refractivity contribution is -0.139. The predicted molar refractivity (Wildman–Crippen MR) is 134 cm³/mol. The van der Waals surface area contributed by atoms with Crippen molar-refractivity contribution in [3.8, 4) is 11.5 Å². The largest absolute Gasteiger partial charge is 0.493 e. The van der Waals surface area contributed by atoms with Crippen LogP contribution in [0.5, 0.6) is 11.5 Å². The van der Waals surface area contributed by atoms with Gasteiger partial charge in [0, 0.05) is 5.70 Å². The van der Waals surface area contributed by atoms with Crippen LogP contribution in [0.4, 0.5) is 5.95 Å². The lowest BCUT2D eigenvalue weighted by atomic mass is 9.95. The average molecular weight is 542 g/mol. The van der Waals surface area contributed by atoms with E-state index in [2.05, 4.69) is 36.8 Å². The maximum atomic E-state index is 13.1. The summed E-state index contributed by atoms with van der Waals surface area (Å²) in [5.74, 6) is 1.11. The van der Waals surface area contributed by atoms with Crippen LogP contribution in [-0.4, -0.2) is 39.9 Å². The van der Waals surface area contributed by atoms with Gasteiger partial charge in [0.15, 0.2) is 11.5 Å². The first kappa shape index (κ1) is 24.7. The van der Waals surface area contributed by atoms with Gasteiger partial charge in [0.1, 0.15) is 12.6 Å². The van der Waals surface area contributed by atoms with Crippen LogP contribution in [0.15, 0.2) is 52.1 Å². The number of carbonyl (C=O) groups is 1. The van der Waals surface area contributed by atoms with Gasteiger partial charge < -0.3 is 19.5 Å². The zero-order chi connectivity index (χ0) is 24.9. The van der Waals surface area contributed by atoms with Crippen molar-refractivity contribution in [1.82, 2.24) is 20.2 Å². The normalized spacial score (nSPS) is 14.8. The Kier molecular flexibility index (Phi) is 7.70. The molecule has 1 N–H and O–H groups in total. The number of methoxy groups -OCH3 is 1. The minimum atomic E-state index is -0.605. The van der Waals surface area contributed by atoms with Crippen molar-refractivity contribution in [3.05, 3.63) is 68.8 Å². The summed E-state index contributed by atoms with van der Waals surface area (Å²) >= 11 is 3.63. The van der Waals surface area contributed by atoms with Crippen molar-refractivity contribution >= 4 is 27.8 Å². The summed E-state index contributed by atoms with van der Waals surface area (Å²) in [4.78, 5) is 13.1. The molecule has 1 aromatic heterocycles. The maximum Gasteiger partial charge on any atom is 0.338 e. The van der Waals surface area contributed by atoms with Crippen LogP contribution in [0.1, 0.15) is 49.4 Å². The Labute approximate surface area is 212 Å². The number of benzene rings is 2. The molecule has 9 nitrogen and oxygen atoms in total. The second-order valence-electron chi connectivity index (χ2n) is 8.31. The number of tetrazole rings is 1. The summed E-state index contributed by atoms with van der Waals surface area (Å²) in [7, 11) is 1.58. The van der Waals surface area contributed by atoms with Gasteiger partial charge in [-0.1, -0.05) is 48.3 Å². The van der Waals surface area contributed by atoms with Crippen LogP contribution in [0.3, 0.4) is 0 Å². The number of nitrogens with zero attached hydrogens (tertiary/aromatic N) is 4. The highest BCUT2D eigenvalue weighted by Crippen LogP contribution is 2.42. The van der Waals surface area contributed by atoms with Crippen LogP contribution in [0.25, 0.3) is 0 Å². The molecule has 0 bridgehead atoms. The van der Waals surface area contributed by atoms with Gasteiger partial charge in [-0.25, -0.2) is 4.79 Å². The molecular formula is C25H28BrN5O4. The Morgan fingerprint density at radius 3 is 2.69 bits per heavy atom. The topological polar surface area (TPSA) is 100 Å². The molecule has 0 saturated carbocycles. The first-order valence-corrected chi connectivity index (χ1v) is 12.2. The van der Waals surface area contributed by atoms with E-state index in [-0.39, 0.29) is 0 Å². The van der Waals surface area contributed by atoms with E-state index in [9.17, 15) is 4.79 Å². The number of nitrogens with one attached hydrogen (secondary N) is 1. The number of rotatable bonds is 9. The SMILES string of the molecule is CCCCOC(=O)C1=C(C)Nc2nnnn2C1c1cc(Br)c(OCc2ccc(C)cc2)c(OC)c1. The highest BCUT2D eigenvalue weighted by molar-refractivity contribution is 9.10. The molecule has 1 unspecified atom stereocenters. The van der Waals surface area contributed by atoms with Crippen LogP contribution in [0.2, 0.25) is 0 Å². The first-order chi connectivity index (χ1) is 16.9. The van der Waals surface area contributed by atoms with Gasteiger partial charge in [-0.2, -0.15) is 4.68 Å². The summed E-state index contributed by atoms with van der Waals surface area (Å²) in [5.41, 5.74) is 4.04. The molecule has 0 saturated heterocycles. The van der Waals surface area contributed by atoms with E-state index in [0.29, 0.717) is 46.4 Å². The predicted octanol–water partition coefficient (Wildman–Crippen LogP) is 4.96. The van der Waals surface area contributed by atoms with Crippen molar-refractivity contribution in [2.75, 3.05) is 19.0 Å². The third kappa shape index (κ3) is 5.32. The van der Waals surface area contributed by atoms with E-state index in [1.165, 1.54) is 5.56 Å². The Hall–Kier alpha value is -3.40. The molecule has 0 fully saturated rings. The van der Waals surface area contributed by atoms with Crippen LogP contribution in [0, 0.1) is 6.92 Å². The number of fused-ring (bicyclic) bond motifs is 1. The molecule has 0 amide bonds. The van der Waals surface area contributed by atoms with Crippen LogP contribution >= 0.6 is 15.9 Å². The van der Waals surface area contributed by atoms with Crippen molar-refractivity contribution in [2.45, 2.75) is 46.3 Å². The first-order valence-electron chi connectivity index (χ1n) is 11.4. The molecule has 4 rings (SSSR count). The zero-order valence-electron chi connectivity index (χ0n) is 20.2. The Bertz CT molecular complexity index is 1240. The lowest BCUT2D eigenvalue weighted by Crippen LogP contribution is -2.30. The fraction of sp³-hybridized carbons (Fsp3) is 0.360. The summed E-state index contributed by atoms with van der Waals surface area (Å²) in [6.45, 7) is 6.63. The average Bonchev–Trinajstić information content (AvgIpc) is 3.31. The third-order valence-electron chi connectivity index (χ3n) is 5.74. The van der Waals surface area contributed by atoms with Crippen LogP contribution in [-0.2, 0) is 16.1 Å². The van der Waals surface area contributed by atoms with E-state index in [1.54, 1.807) is 11.8 Å². The molecule has 1 aliphatic rings. The molecule has 2 heterocycles. The summed E-state index contributed by atoms with van der Waals surface area (Å²) in [5, 5.41) is 15.1. The monoisotopic (exact) mass is 541 g/mol. The molecule has 0 aliphatic carbocycles. The second kappa shape index (κ2) is 10.9. The van der Waals surface area contributed by atoms with Crippen molar-refractivity contribution in [2.24, 2.45) is 0 Å². The standard InChI is InChI=1S/C25H28BrN5O4/c1-5-6-11-34-24(32)21-16(3)27-25-28-29-30-31(25)22(21)18-12-19(26)23(20(13-18)33-4)35-14-17-9-7-15(2)8-10-17/h7-10,12-13,22H,5-6,11,14H2,1-4H3,(H,27,28,30). The number of anilines is 1. The van der Waals surface area contributed by atoms with E-state index >= 15 is 0 Å². The van der Waals surface area contributed by atoms with Crippen molar-refractivity contribution in [3.63, 3.8) is 0 Å². The molecule has 2 aromatic carbocycles. The maximum absolute atomic E-state index is 13.1. The fourth-order valence-corrected chi connectivity index (χ4v) is 4.42. The smallest absolute Gasteiger partial charge is 0.338 e. The van der Waals surface area contributed by atoms with Gasteiger partial charge in [-0.3, -0.25) is 0 Å². The number of aromatic nitrogens is 4. The molecule has 35 heavy (non-hydrogen) atoms. The van der Waals surface area contributed by atoms with Crippen LogP contribution < -0.4 is 14.8 Å². The molecule has 3 aromatic rings. The molecule has 1 atom stereocenters. The molecule has 10 heteroatoms. The lowest BCUT2D eigenvalue weighted by Gasteiger charge is -2.28. The Morgan fingerprint density at radius 1 is 1.20 bits per heavy atom. The number of hydrogen-bond acceptors (Lipinski definition) is 8. The van der Waals surface area contributed by atoms with Gasteiger partial charge in [-0.05, 0) is 69.9 Å². The van der Waals surface area contributed by atoms with E-state index in [4.69, 9.17) is 14.2 Å². The Morgan fingerprint density at radius 2 is 1.97 bits per heavy atom. The number of aryl methyl sites for hydroxylation is 1. The quantitative estimate of drug-likeness (QED) is 0.299. The van der Waals surface area contributed by atoms with E-state index in [0.717, 1.165) is 24.0 Å². The number of esters is 1. The van der Waals surface area contributed by atoms with Crippen molar-refractivity contribution < 1.29 is 19.0 Å². The Balaban J connectivity index is 1.69. The van der Waals surface area contributed by atoms with Gasteiger partial charge in [0.05, 0.1) is 23.8 Å². The molecule has 0 spiro atoms.